The van der Waals surface area contributed by atoms with Crippen LogP contribution < -0.4 is 0 Å². The predicted octanol–water partition coefficient (Wildman–Crippen LogP) is 6.45. The highest BCUT2D eigenvalue weighted by molar-refractivity contribution is 5.86. The molecule has 2 heterocycles. The minimum absolute atomic E-state index is 0.0169. The summed E-state index contributed by atoms with van der Waals surface area (Å²) >= 11 is 0. The van der Waals surface area contributed by atoms with Gasteiger partial charge in [0.05, 0.1) is 6.04 Å². The van der Waals surface area contributed by atoms with Crippen molar-refractivity contribution >= 4 is 10.9 Å². The van der Waals surface area contributed by atoms with Gasteiger partial charge >= 0.3 is 0 Å². The van der Waals surface area contributed by atoms with Crippen LogP contribution in [0.15, 0.2) is 95.4 Å². The molecule has 0 N–H and O–H groups in total. The first-order valence-electron chi connectivity index (χ1n) is 10.3. The van der Waals surface area contributed by atoms with E-state index in [1.54, 1.807) is 0 Å². The molecule has 0 unspecified atom stereocenters. The van der Waals surface area contributed by atoms with Gasteiger partial charge in [0.1, 0.15) is 5.69 Å². The second kappa shape index (κ2) is 7.64. The molecule has 4 nitrogen and oxygen atoms in total. The van der Waals surface area contributed by atoms with Gasteiger partial charge in [0.15, 0.2) is 0 Å². The number of aromatic nitrogens is 3. The second-order valence-corrected chi connectivity index (χ2v) is 7.78. The maximum atomic E-state index is 6.08. The van der Waals surface area contributed by atoms with Gasteiger partial charge in [-0.05, 0) is 23.3 Å². The molecule has 4 heteroatoms. The Bertz CT molecular complexity index is 1230. The number of rotatable bonds is 5. The van der Waals surface area contributed by atoms with E-state index in [2.05, 4.69) is 107 Å². The summed E-state index contributed by atoms with van der Waals surface area (Å²) in [5.41, 5.74) is 4.47. The normalized spacial score (nSPS) is 11.6. The molecule has 0 aliphatic rings. The highest BCUT2D eigenvalue weighted by Gasteiger charge is 2.25. The van der Waals surface area contributed by atoms with Gasteiger partial charge in [-0.3, -0.25) is 0 Å². The Morgan fingerprint density at radius 3 is 1.93 bits per heavy atom. The largest absolute Gasteiger partial charge is 0.419 e. The van der Waals surface area contributed by atoms with Crippen molar-refractivity contribution in [1.82, 2.24) is 14.8 Å². The van der Waals surface area contributed by atoms with Crippen LogP contribution in [0.1, 0.15) is 42.8 Å². The van der Waals surface area contributed by atoms with Gasteiger partial charge in [0.25, 0.3) is 5.89 Å². The minimum atomic E-state index is -0.0169. The van der Waals surface area contributed by atoms with Crippen molar-refractivity contribution in [2.75, 3.05) is 0 Å². The molecule has 0 saturated carbocycles. The van der Waals surface area contributed by atoms with Crippen molar-refractivity contribution in [2.45, 2.75) is 25.8 Å². The fraction of sp³-hybridized carbons (Fsp3) is 0.154. The molecule has 0 bridgehead atoms. The molecule has 5 aromatic rings. The van der Waals surface area contributed by atoms with E-state index in [0.717, 1.165) is 16.6 Å². The van der Waals surface area contributed by atoms with Crippen molar-refractivity contribution in [3.63, 3.8) is 0 Å². The van der Waals surface area contributed by atoms with Crippen LogP contribution in [0.2, 0.25) is 0 Å². The molecule has 148 valence electrons. The van der Waals surface area contributed by atoms with Crippen LogP contribution in [0.4, 0.5) is 0 Å². The lowest BCUT2D eigenvalue weighted by molar-refractivity contribution is 0.477. The Morgan fingerprint density at radius 1 is 0.733 bits per heavy atom. The zero-order chi connectivity index (χ0) is 20.5. The number of hydrogen-bond acceptors (Lipinski definition) is 3. The Balaban J connectivity index is 1.80. The van der Waals surface area contributed by atoms with Gasteiger partial charge in [-0.25, -0.2) is 0 Å². The zero-order valence-electron chi connectivity index (χ0n) is 17.1. The lowest BCUT2D eigenvalue weighted by atomic mass is 9.98. The standard InChI is InChI=1S/C26H23N3O/c1-18(2)25-27-28-26(30-25)23-17-21-15-9-10-16-22(21)29(23)24(19-11-5-3-6-12-19)20-13-7-4-8-14-20/h3-18,24H,1-2H3. The number of nitrogens with zero attached hydrogens (tertiary/aromatic N) is 3. The highest BCUT2D eigenvalue weighted by Crippen LogP contribution is 2.37. The third-order valence-corrected chi connectivity index (χ3v) is 5.39. The summed E-state index contributed by atoms with van der Waals surface area (Å²) in [5, 5.41) is 9.82. The number of para-hydroxylation sites is 1. The summed E-state index contributed by atoms with van der Waals surface area (Å²) in [6, 6.07) is 31.6. The van der Waals surface area contributed by atoms with Crippen molar-refractivity contribution in [3.05, 3.63) is 108 Å². The molecule has 0 radical (unpaired) electrons. The SMILES string of the molecule is CC(C)c1nnc(-c2cc3ccccc3n2C(c2ccccc2)c2ccccc2)o1. The lowest BCUT2D eigenvalue weighted by Crippen LogP contribution is -2.13. The first-order chi connectivity index (χ1) is 14.7. The van der Waals surface area contributed by atoms with Crippen LogP contribution in [-0.4, -0.2) is 14.8 Å². The van der Waals surface area contributed by atoms with Crippen LogP contribution in [-0.2, 0) is 0 Å². The van der Waals surface area contributed by atoms with E-state index in [-0.39, 0.29) is 12.0 Å². The van der Waals surface area contributed by atoms with E-state index in [0.29, 0.717) is 11.8 Å². The van der Waals surface area contributed by atoms with Gasteiger partial charge < -0.3 is 8.98 Å². The van der Waals surface area contributed by atoms with Crippen LogP contribution in [0.5, 0.6) is 0 Å². The molecule has 2 aromatic heterocycles. The van der Waals surface area contributed by atoms with Crippen LogP contribution in [0.3, 0.4) is 0 Å². The van der Waals surface area contributed by atoms with Gasteiger partial charge in [-0.15, -0.1) is 10.2 Å². The van der Waals surface area contributed by atoms with Crippen molar-refractivity contribution < 1.29 is 4.42 Å². The summed E-state index contributed by atoms with van der Waals surface area (Å²) in [5.74, 6) is 1.38. The lowest BCUT2D eigenvalue weighted by Gasteiger charge is -2.23. The summed E-state index contributed by atoms with van der Waals surface area (Å²) in [6.45, 7) is 4.12. The quantitative estimate of drug-likeness (QED) is 0.344. The van der Waals surface area contributed by atoms with Gasteiger partial charge in [0, 0.05) is 16.8 Å². The van der Waals surface area contributed by atoms with E-state index in [1.165, 1.54) is 11.1 Å². The Hall–Kier alpha value is -3.66. The maximum Gasteiger partial charge on any atom is 0.264 e. The van der Waals surface area contributed by atoms with Crippen molar-refractivity contribution in [1.29, 1.82) is 0 Å². The number of hydrogen-bond donors (Lipinski definition) is 0. The molecular weight excluding hydrogens is 370 g/mol. The monoisotopic (exact) mass is 393 g/mol. The molecule has 0 saturated heterocycles. The summed E-state index contributed by atoms with van der Waals surface area (Å²) in [4.78, 5) is 0. The molecular formula is C26H23N3O. The minimum Gasteiger partial charge on any atom is -0.419 e. The van der Waals surface area contributed by atoms with Crippen molar-refractivity contribution in [3.8, 4) is 11.6 Å². The molecule has 0 atom stereocenters. The predicted molar refractivity (Wildman–Crippen MR) is 119 cm³/mol. The van der Waals surface area contributed by atoms with E-state index < -0.39 is 0 Å². The van der Waals surface area contributed by atoms with E-state index in [4.69, 9.17) is 4.42 Å². The van der Waals surface area contributed by atoms with Gasteiger partial charge in [-0.1, -0.05) is 92.7 Å². The van der Waals surface area contributed by atoms with E-state index in [9.17, 15) is 0 Å². The van der Waals surface area contributed by atoms with Gasteiger partial charge in [-0.2, -0.15) is 0 Å². The number of fused-ring (bicyclic) bond motifs is 1. The fourth-order valence-electron chi connectivity index (χ4n) is 3.95. The first-order valence-corrected chi connectivity index (χ1v) is 10.3. The van der Waals surface area contributed by atoms with Crippen molar-refractivity contribution in [2.24, 2.45) is 0 Å². The third kappa shape index (κ3) is 3.20. The number of benzene rings is 3. The smallest absolute Gasteiger partial charge is 0.264 e. The maximum absolute atomic E-state index is 6.08. The molecule has 3 aromatic carbocycles. The Kier molecular flexibility index (Phi) is 4.68. The fourth-order valence-corrected chi connectivity index (χ4v) is 3.95. The molecule has 0 aliphatic heterocycles. The van der Waals surface area contributed by atoms with E-state index in [1.807, 2.05) is 12.1 Å². The Labute approximate surface area is 175 Å². The average Bonchev–Trinajstić information content (AvgIpc) is 3.41. The molecule has 0 spiro atoms. The molecule has 30 heavy (non-hydrogen) atoms. The summed E-state index contributed by atoms with van der Waals surface area (Å²) < 4.78 is 8.40. The summed E-state index contributed by atoms with van der Waals surface area (Å²) in [7, 11) is 0. The third-order valence-electron chi connectivity index (χ3n) is 5.39. The first kappa shape index (κ1) is 18.4. The molecule has 0 fully saturated rings. The molecule has 0 aliphatic carbocycles. The zero-order valence-corrected chi connectivity index (χ0v) is 17.1. The van der Waals surface area contributed by atoms with Crippen LogP contribution in [0.25, 0.3) is 22.5 Å². The molecule has 0 amide bonds. The summed E-state index contributed by atoms with van der Waals surface area (Å²) in [6.07, 6.45) is 0. The molecule has 5 rings (SSSR count). The van der Waals surface area contributed by atoms with Crippen LogP contribution in [0, 0.1) is 0 Å². The van der Waals surface area contributed by atoms with E-state index >= 15 is 0 Å². The average molecular weight is 393 g/mol. The highest BCUT2D eigenvalue weighted by atomic mass is 16.4. The second-order valence-electron chi connectivity index (χ2n) is 7.78. The van der Waals surface area contributed by atoms with Gasteiger partial charge in [0.2, 0.25) is 5.89 Å². The Morgan fingerprint density at radius 2 is 1.33 bits per heavy atom. The van der Waals surface area contributed by atoms with Crippen LogP contribution >= 0.6 is 0 Å². The topological polar surface area (TPSA) is 43.9 Å².